The van der Waals surface area contributed by atoms with Crippen LogP contribution in [0.4, 0.5) is 13.2 Å². The van der Waals surface area contributed by atoms with Crippen molar-refractivity contribution in [1.29, 1.82) is 0 Å². The summed E-state index contributed by atoms with van der Waals surface area (Å²) < 4.78 is 38.8. The molecule has 1 atom stereocenters. The Balaban J connectivity index is 2.10. The van der Waals surface area contributed by atoms with E-state index in [4.69, 9.17) is 0 Å². The van der Waals surface area contributed by atoms with E-state index in [1.54, 1.807) is 27.0 Å². The lowest BCUT2D eigenvalue weighted by atomic mass is 10.1. The number of nitrogens with zero attached hydrogens (tertiary/aromatic N) is 3. The van der Waals surface area contributed by atoms with E-state index in [-0.39, 0.29) is 5.91 Å². The van der Waals surface area contributed by atoms with E-state index in [0.29, 0.717) is 17.0 Å². The van der Waals surface area contributed by atoms with Crippen LogP contribution >= 0.6 is 0 Å². The van der Waals surface area contributed by atoms with Gasteiger partial charge in [0.25, 0.3) is 5.91 Å². The van der Waals surface area contributed by atoms with Gasteiger partial charge in [-0.15, -0.1) is 0 Å². The van der Waals surface area contributed by atoms with Crippen LogP contribution in [0.25, 0.3) is 0 Å². The monoisotopic (exact) mass is 312 g/mol. The molecule has 0 spiro atoms. The Morgan fingerprint density at radius 3 is 2.50 bits per heavy atom. The van der Waals surface area contributed by atoms with E-state index in [2.05, 4.69) is 15.4 Å². The van der Waals surface area contributed by atoms with Crippen LogP contribution in [-0.4, -0.2) is 20.7 Å². The molecule has 118 valence electrons. The molecule has 0 aliphatic rings. The van der Waals surface area contributed by atoms with E-state index in [1.807, 2.05) is 0 Å². The minimum atomic E-state index is -4.47. The van der Waals surface area contributed by atoms with Crippen LogP contribution in [0, 0.1) is 6.92 Å². The molecule has 22 heavy (non-hydrogen) atoms. The lowest BCUT2D eigenvalue weighted by Gasteiger charge is -2.15. The summed E-state index contributed by atoms with van der Waals surface area (Å²) in [4.78, 5) is 15.5. The number of nitrogens with one attached hydrogen (secondary N) is 1. The average molecular weight is 312 g/mol. The fourth-order valence-corrected chi connectivity index (χ4v) is 2.01. The summed E-state index contributed by atoms with van der Waals surface area (Å²) in [6.45, 7) is 3.44. The maximum atomic E-state index is 12.5. The van der Waals surface area contributed by atoms with E-state index in [1.165, 1.54) is 10.7 Å². The lowest BCUT2D eigenvalue weighted by molar-refractivity contribution is -0.141. The standard InChI is InChI=1S/C14H15F3N4O/c1-8-6-11(21(3)20-8)13(22)19-9(2)10-4-5-12(18-7-10)14(15,16)17/h4-7,9H,1-3H3,(H,19,22)/t9-/m1/s1. The number of carbonyl (C=O) groups excluding carboxylic acids is 1. The highest BCUT2D eigenvalue weighted by Gasteiger charge is 2.32. The lowest BCUT2D eigenvalue weighted by Crippen LogP contribution is -2.28. The zero-order valence-corrected chi connectivity index (χ0v) is 12.3. The van der Waals surface area contributed by atoms with Crippen molar-refractivity contribution in [3.8, 4) is 0 Å². The fourth-order valence-electron chi connectivity index (χ4n) is 2.01. The Hall–Kier alpha value is -2.38. The van der Waals surface area contributed by atoms with E-state index in [0.717, 1.165) is 12.3 Å². The molecule has 2 heterocycles. The zero-order chi connectivity index (χ0) is 16.5. The molecule has 0 bridgehead atoms. The summed E-state index contributed by atoms with van der Waals surface area (Å²) >= 11 is 0. The molecule has 0 unspecified atom stereocenters. The summed E-state index contributed by atoms with van der Waals surface area (Å²) in [7, 11) is 1.65. The highest BCUT2D eigenvalue weighted by molar-refractivity contribution is 5.92. The first-order valence-corrected chi connectivity index (χ1v) is 6.53. The largest absolute Gasteiger partial charge is 0.433 e. The predicted molar refractivity (Wildman–Crippen MR) is 73.1 cm³/mol. The summed E-state index contributed by atoms with van der Waals surface area (Å²) in [6.07, 6.45) is -3.36. The molecule has 1 N–H and O–H groups in total. The third-order valence-electron chi connectivity index (χ3n) is 3.16. The van der Waals surface area contributed by atoms with Crippen LogP contribution < -0.4 is 5.32 Å². The molecule has 8 heteroatoms. The normalized spacial score (nSPS) is 13.0. The first kappa shape index (κ1) is 16.0. The molecule has 2 rings (SSSR count). The van der Waals surface area contributed by atoms with Crippen LogP contribution in [0.15, 0.2) is 24.4 Å². The SMILES string of the molecule is Cc1cc(C(=O)N[C@H](C)c2ccc(C(F)(F)F)nc2)n(C)n1. The first-order valence-electron chi connectivity index (χ1n) is 6.53. The van der Waals surface area contributed by atoms with Gasteiger partial charge < -0.3 is 5.32 Å². The second-order valence-electron chi connectivity index (χ2n) is 4.96. The van der Waals surface area contributed by atoms with Gasteiger partial charge in [0.05, 0.1) is 11.7 Å². The molecule has 2 aromatic heterocycles. The van der Waals surface area contributed by atoms with Gasteiger partial charge in [0.2, 0.25) is 0 Å². The van der Waals surface area contributed by atoms with Gasteiger partial charge in [-0.05, 0) is 31.5 Å². The van der Waals surface area contributed by atoms with E-state index >= 15 is 0 Å². The van der Waals surface area contributed by atoms with Crippen molar-refractivity contribution in [3.63, 3.8) is 0 Å². The Bertz CT molecular complexity index is 676. The molecular weight excluding hydrogens is 297 g/mol. The van der Waals surface area contributed by atoms with Gasteiger partial charge in [-0.2, -0.15) is 18.3 Å². The van der Waals surface area contributed by atoms with Gasteiger partial charge in [0.15, 0.2) is 0 Å². The number of hydrogen-bond donors (Lipinski definition) is 1. The van der Waals surface area contributed by atoms with Gasteiger partial charge in [0, 0.05) is 13.2 Å². The van der Waals surface area contributed by atoms with E-state index < -0.39 is 17.9 Å². The maximum Gasteiger partial charge on any atom is 0.433 e. The zero-order valence-electron chi connectivity index (χ0n) is 12.3. The molecule has 1 amide bonds. The van der Waals surface area contributed by atoms with Crippen LogP contribution in [0.3, 0.4) is 0 Å². The van der Waals surface area contributed by atoms with Gasteiger partial charge in [0.1, 0.15) is 11.4 Å². The molecule has 0 aliphatic heterocycles. The van der Waals surface area contributed by atoms with Gasteiger partial charge in [-0.3, -0.25) is 14.5 Å². The molecule has 0 aromatic carbocycles. The molecule has 0 radical (unpaired) electrons. The highest BCUT2D eigenvalue weighted by atomic mass is 19.4. The van der Waals surface area contributed by atoms with Gasteiger partial charge >= 0.3 is 6.18 Å². The van der Waals surface area contributed by atoms with Crippen LogP contribution in [0.5, 0.6) is 0 Å². The molecule has 0 saturated carbocycles. The molecule has 2 aromatic rings. The Morgan fingerprint density at radius 2 is 2.05 bits per heavy atom. The van der Waals surface area contributed by atoms with Crippen molar-refractivity contribution in [3.05, 3.63) is 47.0 Å². The van der Waals surface area contributed by atoms with Crippen LogP contribution in [0.1, 0.15) is 40.4 Å². The number of alkyl halides is 3. The van der Waals surface area contributed by atoms with Gasteiger partial charge in [-0.25, -0.2) is 0 Å². The number of pyridine rings is 1. The smallest absolute Gasteiger partial charge is 0.344 e. The number of aryl methyl sites for hydroxylation is 2. The highest BCUT2D eigenvalue weighted by Crippen LogP contribution is 2.27. The Labute approximate surface area is 125 Å². The van der Waals surface area contributed by atoms with Crippen molar-refractivity contribution in [2.24, 2.45) is 7.05 Å². The third-order valence-corrected chi connectivity index (χ3v) is 3.16. The average Bonchev–Trinajstić information content (AvgIpc) is 2.77. The fraction of sp³-hybridized carbons (Fsp3) is 0.357. The number of rotatable bonds is 3. The Kier molecular flexibility index (Phi) is 4.20. The Morgan fingerprint density at radius 1 is 1.36 bits per heavy atom. The predicted octanol–water partition coefficient (Wildman–Crippen LogP) is 2.63. The second-order valence-corrected chi connectivity index (χ2v) is 4.96. The number of halogens is 3. The summed E-state index contributed by atoms with van der Waals surface area (Å²) in [6, 6.07) is 3.35. The van der Waals surface area contributed by atoms with Crippen molar-refractivity contribution >= 4 is 5.91 Å². The molecule has 0 fully saturated rings. The number of carbonyl (C=O) groups is 1. The minimum absolute atomic E-state index is 0.351. The van der Waals surface area contributed by atoms with Crippen molar-refractivity contribution in [2.45, 2.75) is 26.1 Å². The summed E-state index contributed by atoms with van der Waals surface area (Å²) in [5.41, 5.74) is 0.609. The molecule has 5 nitrogen and oxygen atoms in total. The van der Waals surface area contributed by atoms with Crippen molar-refractivity contribution in [2.75, 3.05) is 0 Å². The summed E-state index contributed by atoms with van der Waals surface area (Å²) in [5, 5.41) is 6.77. The first-order chi connectivity index (χ1) is 10.2. The quantitative estimate of drug-likeness (QED) is 0.948. The minimum Gasteiger partial charge on any atom is -0.344 e. The summed E-state index contributed by atoms with van der Waals surface area (Å²) in [5.74, 6) is -0.351. The number of aromatic nitrogens is 3. The molecule has 0 saturated heterocycles. The molecular formula is C14H15F3N4O. The maximum absolute atomic E-state index is 12.5. The third kappa shape index (κ3) is 3.44. The second kappa shape index (κ2) is 5.78. The molecule has 0 aliphatic carbocycles. The topological polar surface area (TPSA) is 59.8 Å². The van der Waals surface area contributed by atoms with Gasteiger partial charge in [-0.1, -0.05) is 6.07 Å². The van der Waals surface area contributed by atoms with Crippen molar-refractivity contribution in [1.82, 2.24) is 20.1 Å². The number of hydrogen-bond acceptors (Lipinski definition) is 3. The van der Waals surface area contributed by atoms with Crippen LogP contribution in [-0.2, 0) is 13.2 Å². The number of amides is 1. The van der Waals surface area contributed by atoms with E-state index in [9.17, 15) is 18.0 Å². The van der Waals surface area contributed by atoms with Crippen molar-refractivity contribution < 1.29 is 18.0 Å². The van der Waals surface area contributed by atoms with Crippen LogP contribution in [0.2, 0.25) is 0 Å².